The number of hydrazine groups is 1. The molecule has 0 atom stereocenters. The van der Waals surface area contributed by atoms with E-state index in [1.165, 1.54) is 0 Å². The zero-order valence-corrected chi connectivity index (χ0v) is 8.79. The van der Waals surface area contributed by atoms with Crippen LogP contribution in [0, 0.1) is 13.8 Å². The highest BCUT2D eigenvalue weighted by atomic mass is 16.2. The van der Waals surface area contributed by atoms with Crippen LogP contribution in [0.15, 0.2) is 0 Å². The van der Waals surface area contributed by atoms with Crippen LogP contribution in [-0.2, 0) is 7.05 Å². The summed E-state index contributed by atoms with van der Waals surface area (Å²) in [5.41, 5.74) is 10.8. The van der Waals surface area contributed by atoms with Crippen LogP contribution in [0.5, 0.6) is 0 Å². The molecule has 1 aromatic rings. The van der Waals surface area contributed by atoms with Crippen LogP contribution in [0.25, 0.3) is 0 Å². The summed E-state index contributed by atoms with van der Waals surface area (Å²) in [7, 11) is 1.74. The van der Waals surface area contributed by atoms with Crippen LogP contribution in [-0.4, -0.2) is 21.7 Å². The van der Waals surface area contributed by atoms with Gasteiger partial charge in [0.15, 0.2) is 0 Å². The number of amides is 3. The molecule has 7 heteroatoms. The van der Waals surface area contributed by atoms with Gasteiger partial charge in [0.25, 0.3) is 5.91 Å². The van der Waals surface area contributed by atoms with Crippen molar-refractivity contribution >= 4 is 11.9 Å². The molecular weight excluding hydrogens is 198 g/mol. The monoisotopic (exact) mass is 211 g/mol. The molecule has 0 fully saturated rings. The van der Waals surface area contributed by atoms with Gasteiger partial charge in [-0.3, -0.25) is 14.9 Å². The second kappa shape index (κ2) is 3.99. The van der Waals surface area contributed by atoms with E-state index in [2.05, 4.69) is 10.5 Å². The molecule has 1 heterocycles. The number of carbonyl (C=O) groups excluding carboxylic acids is 2. The van der Waals surface area contributed by atoms with Crippen molar-refractivity contribution in [1.29, 1.82) is 0 Å². The molecule has 1 aromatic heterocycles. The van der Waals surface area contributed by atoms with E-state index in [9.17, 15) is 9.59 Å². The third kappa shape index (κ3) is 2.25. The Bertz CT molecular complexity index is 409. The molecule has 3 amide bonds. The van der Waals surface area contributed by atoms with Gasteiger partial charge in [0.2, 0.25) is 0 Å². The smallest absolute Gasteiger partial charge is 0.330 e. The van der Waals surface area contributed by atoms with Crippen molar-refractivity contribution in [2.24, 2.45) is 12.8 Å². The maximum atomic E-state index is 11.6. The van der Waals surface area contributed by atoms with Gasteiger partial charge in [-0.15, -0.1) is 0 Å². The zero-order chi connectivity index (χ0) is 11.6. The standard InChI is InChI=1S/C8H13N5O2/c1-4-6(5(2)13(3)12-4)7(14)10-11-8(9)15/h1-3H3,(H,10,14)(H3,9,11,15). The number of aromatic nitrogens is 2. The minimum atomic E-state index is -0.817. The molecule has 15 heavy (non-hydrogen) atoms. The fourth-order valence-electron chi connectivity index (χ4n) is 1.28. The molecule has 4 N–H and O–H groups in total. The zero-order valence-electron chi connectivity index (χ0n) is 8.79. The summed E-state index contributed by atoms with van der Waals surface area (Å²) in [6.07, 6.45) is 0. The van der Waals surface area contributed by atoms with Crippen molar-refractivity contribution < 1.29 is 9.59 Å². The predicted octanol–water partition coefficient (Wildman–Crippen LogP) is -0.650. The molecule has 0 aliphatic carbocycles. The summed E-state index contributed by atoms with van der Waals surface area (Å²) in [5.74, 6) is -0.433. The number of hydrogen-bond donors (Lipinski definition) is 3. The van der Waals surface area contributed by atoms with Gasteiger partial charge in [-0.05, 0) is 13.8 Å². The van der Waals surface area contributed by atoms with E-state index >= 15 is 0 Å². The molecule has 1 rings (SSSR count). The lowest BCUT2D eigenvalue weighted by molar-refractivity contribution is 0.0936. The van der Waals surface area contributed by atoms with E-state index in [4.69, 9.17) is 5.73 Å². The number of nitrogens with two attached hydrogens (primary N) is 1. The fraction of sp³-hybridized carbons (Fsp3) is 0.375. The topological polar surface area (TPSA) is 102 Å². The number of nitrogens with one attached hydrogen (secondary N) is 2. The highest BCUT2D eigenvalue weighted by Gasteiger charge is 2.16. The van der Waals surface area contributed by atoms with Gasteiger partial charge in [-0.2, -0.15) is 5.10 Å². The number of hydrogen-bond acceptors (Lipinski definition) is 3. The lowest BCUT2D eigenvalue weighted by atomic mass is 10.2. The molecule has 7 nitrogen and oxygen atoms in total. The van der Waals surface area contributed by atoms with E-state index in [1.54, 1.807) is 25.6 Å². The third-order valence-corrected chi connectivity index (χ3v) is 2.04. The number of urea groups is 1. The summed E-state index contributed by atoms with van der Waals surface area (Å²) >= 11 is 0. The van der Waals surface area contributed by atoms with Crippen LogP contribution in [0.2, 0.25) is 0 Å². The van der Waals surface area contributed by atoms with Gasteiger partial charge in [-0.1, -0.05) is 0 Å². The first kappa shape index (κ1) is 11.0. The summed E-state index contributed by atoms with van der Waals surface area (Å²) in [5, 5.41) is 4.07. The van der Waals surface area contributed by atoms with E-state index in [0.29, 0.717) is 11.3 Å². The van der Waals surface area contributed by atoms with Gasteiger partial charge in [-0.25, -0.2) is 10.2 Å². The number of rotatable bonds is 1. The lowest BCUT2D eigenvalue weighted by Crippen LogP contribution is -2.44. The molecule has 0 unspecified atom stereocenters. The van der Waals surface area contributed by atoms with Crippen LogP contribution in [0.3, 0.4) is 0 Å². The fourth-order valence-corrected chi connectivity index (χ4v) is 1.28. The first-order valence-electron chi connectivity index (χ1n) is 4.29. The number of aryl methyl sites for hydroxylation is 2. The van der Waals surface area contributed by atoms with E-state index in [-0.39, 0.29) is 0 Å². The molecule has 0 bridgehead atoms. The van der Waals surface area contributed by atoms with Crippen LogP contribution in [0.4, 0.5) is 4.79 Å². The molecule has 0 aliphatic heterocycles. The van der Waals surface area contributed by atoms with Crippen molar-refractivity contribution in [2.45, 2.75) is 13.8 Å². The molecule has 0 aliphatic rings. The van der Waals surface area contributed by atoms with Gasteiger partial charge >= 0.3 is 6.03 Å². The van der Waals surface area contributed by atoms with Crippen molar-refractivity contribution in [3.8, 4) is 0 Å². The Hall–Kier alpha value is -2.05. The van der Waals surface area contributed by atoms with E-state index in [1.807, 2.05) is 5.43 Å². The average molecular weight is 211 g/mol. The Labute approximate surface area is 86.6 Å². The SMILES string of the molecule is Cc1nn(C)c(C)c1C(=O)NNC(N)=O. The third-order valence-electron chi connectivity index (χ3n) is 2.04. The molecule has 0 aromatic carbocycles. The first-order valence-corrected chi connectivity index (χ1v) is 4.29. The molecule has 82 valence electrons. The maximum absolute atomic E-state index is 11.6. The Morgan fingerprint density at radius 3 is 2.33 bits per heavy atom. The number of carbonyl (C=O) groups is 2. The molecule has 0 saturated heterocycles. The van der Waals surface area contributed by atoms with Gasteiger partial charge < -0.3 is 5.73 Å². The molecular formula is C8H13N5O2. The highest BCUT2D eigenvalue weighted by Crippen LogP contribution is 2.10. The average Bonchev–Trinajstić information content (AvgIpc) is 2.37. The maximum Gasteiger partial charge on any atom is 0.330 e. The highest BCUT2D eigenvalue weighted by molar-refractivity contribution is 5.97. The minimum absolute atomic E-state index is 0.433. The van der Waals surface area contributed by atoms with Gasteiger partial charge in [0.05, 0.1) is 11.3 Å². The van der Waals surface area contributed by atoms with Crippen LogP contribution < -0.4 is 16.6 Å². The minimum Gasteiger partial charge on any atom is -0.350 e. The molecule has 0 spiro atoms. The Morgan fingerprint density at radius 2 is 1.93 bits per heavy atom. The molecule has 0 saturated carbocycles. The Balaban J connectivity index is 2.86. The second-order valence-corrected chi connectivity index (χ2v) is 3.11. The summed E-state index contributed by atoms with van der Waals surface area (Å²) in [6, 6.07) is -0.817. The summed E-state index contributed by atoms with van der Waals surface area (Å²) in [4.78, 5) is 22.0. The number of nitrogens with zero attached hydrogens (tertiary/aromatic N) is 2. The lowest BCUT2D eigenvalue weighted by Gasteiger charge is -2.04. The summed E-state index contributed by atoms with van der Waals surface area (Å²) < 4.78 is 1.59. The Kier molecular flexibility index (Phi) is 2.93. The number of primary amides is 1. The van der Waals surface area contributed by atoms with Gasteiger partial charge in [0, 0.05) is 12.7 Å². The Morgan fingerprint density at radius 1 is 1.33 bits per heavy atom. The second-order valence-electron chi connectivity index (χ2n) is 3.11. The van der Waals surface area contributed by atoms with Crippen molar-refractivity contribution in [1.82, 2.24) is 20.6 Å². The predicted molar refractivity (Wildman–Crippen MR) is 52.9 cm³/mol. The molecule has 0 radical (unpaired) electrons. The van der Waals surface area contributed by atoms with Crippen molar-refractivity contribution in [3.63, 3.8) is 0 Å². The van der Waals surface area contributed by atoms with Crippen LogP contribution >= 0.6 is 0 Å². The van der Waals surface area contributed by atoms with Crippen molar-refractivity contribution in [2.75, 3.05) is 0 Å². The quantitative estimate of drug-likeness (QED) is 0.538. The van der Waals surface area contributed by atoms with E-state index < -0.39 is 11.9 Å². The normalized spacial score (nSPS) is 9.80. The van der Waals surface area contributed by atoms with Gasteiger partial charge in [0.1, 0.15) is 0 Å². The van der Waals surface area contributed by atoms with Crippen LogP contribution in [0.1, 0.15) is 21.7 Å². The van der Waals surface area contributed by atoms with E-state index in [0.717, 1.165) is 5.69 Å². The summed E-state index contributed by atoms with van der Waals surface area (Å²) in [6.45, 7) is 3.48. The van der Waals surface area contributed by atoms with Crippen molar-refractivity contribution in [3.05, 3.63) is 17.0 Å². The largest absolute Gasteiger partial charge is 0.350 e. The first-order chi connectivity index (χ1) is 6.93.